The molecule has 0 saturated carbocycles. The third-order valence-corrected chi connectivity index (χ3v) is 5.26. The number of rotatable bonds is 7. The molecule has 1 aromatic carbocycles. The summed E-state index contributed by atoms with van der Waals surface area (Å²) in [5, 5.41) is 9.36. The average molecular weight is 369 g/mol. The Kier molecular flexibility index (Phi) is 5.73. The molecule has 3 rings (SSSR count). The van der Waals surface area contributed by atoms with E-state index in [1.54, 1.807) is 0 Å². The Balaban J connectivity index is 1.59. The molecule has 26 heavy (non-hydrogen) atoms. The SMILES string of the molecule is CCn1ncc(C(C)NC(=O)c2cc(COc3ccccc3)cs2)c1C. The summed E-state index contributed by atoms with van der Waals surface area (Å²) < 4.78 is 7.66. The molecular formula is C20H23N3O2S. The largest absolute Gasteiger partial charge is 0.489 e. The summed E-state index contributed by atoms with van der Waals surface area (Å²) in [7, 11) is 0. The van der Waals surface area contributed by atoms with E-state index in [2.05, 4.69) is 17.3 Å². The molecule has 2 aromatic heterocycles. The van der Waals surface area contributed by atoms with Gasteiger partial charge in [0.25, 0.3) is 5.91 Å². The number of hydrogen-bond acceptors (Lipinski definition) is 4. The van der Waals surface area contributed by atoms with Gasteiger partial charge in [0.2, 0.25) is 0 Å². The first kappa shape index (κ1) is 18.2. The van der Waals surface area contributed by atoms with Crippen LogP contribution in [0.25, 0.3) is 0 Å². The van der Waals surface area contributed by atoms with Crippen molar-refractivity contribution >= 4 is 17.2 Å². The van der Waals surface area contributed by atoms with Gasteiger partial charge in [-0.2, -0.15) is 5.10 Å². The number of thiophene rings is 1. The molecule has 0 spiro atoms. The molecule has 0 fully saturated rings. The second kappa shape index (κ2) is 8.19. The van der Waals surface area contributed by atoms with Crippen molar-refractivity contribution in [1.29, 1.82) is 0 Å². The lowest BCUT2D eigenvalue weighted by molar-refractivity contribution is 0.0944. The lowest BCUT2D eigenvalue weighted by Crippen LogP contribution is -2.26. The molecule has 0 radical (unpaired) electrons. The van der Waals surface area contributed by atoms with Gasteiger partial charge in [-0.1, -0.05) is 18.2 Å². The normalized spacial score (nSPS) is 12.0. The first-order chi connectivity index (χ1) is 12.6. The Hall–Kier alpha value is -2.60. The first-order valence-electron chi connectivity index (χ1n) is 8.67. The molecule has 0 aliphatic heterocycles. The molecule has 1 atom stereocenters. The molecule has 1 unspecified atom stereocenters. The third-order valence-electron chi connectivity index (χ3n) is 4.28. The Morgan fingerprint density at radius 2 is 2.12 bits per heavy atom. The van der Waals surface area contributed by atoms with Gasteiger partial charge in [-0.3, -0.25) is 9.48 Å². The van der Waals surface area contributed by atoms with Crippen molar-refractivity contribution in [2.75, 3.05) is 0 Å². The highest BCUT2D eigenvalue weighted by molar-refractivity contribution is 7.12. The number of para-hydroxylation sites is 1. The van der Waals surface area contributed by atoms with E-state index < -0.39 is 0 Å². The number of nitrogens with one attached hydrogen (secondary N) is 1. The van der Waals surface area contributed by atoms with Gasteiger partial charge in [0.05, 0.1) is 17.1 Å². The topological polar surface area (TPSA) is 56.2 Å². The fourth-order valence-corrected chi connectivity index (χ4v) is 3.60. The maximum atomic E-state index is 12.5. The van der Waals surface area contributed by atoms with Gasteiger partial charge in [-0.25, -0.2) is 0 Å². The summed E-state index contributed by atoms with van der Waals surface area (Å²) in [5.74, 6) is 0.749. The number of ether oxygens (including phenoxy) is 1. The van der Waals surface area contributed by atoms with E-state index in [1.165, 1.54) is 11.3 Å². The smallest absolute Gasteiger partial charge is 0.261 e. The molecule has 5 nitrogen and oxygen atoms in total. The van der Waals surface area contributed by atoms with Crippen LogP contribution in [0, 0.1) is 6.92 Å². The van der Waals surface area contributed by atoms with Crippen LogP contribution >= 0.6 is 11.3 Å². The van der Waals surface area contributed by atoms with Crippen LogP contribution in [0.5, 0.6) is 5.75 Å². The maximum absolute atomic E-state index is 12.5. The Morgan fingerprint density at radius 1 is 1.35 bits per heavy atom. The highest BCUT2D eigenvalue weighted by atomic mass is 32.1. The first-order valence-corrected chi connectivity index (χ1v) is 9.55. The Labute approximate surface area is 157 Å². The van der Waals surface area contributed by atoms with Gasteiger partial charge in [-0.15, -0.1) is 11.3 Å². The predicted molar refractivity (Wildman–Crippen MR) is 104 cm³/mol. The summed E-state index contributed by atoms with van der Waals surface area (Å²) in [6.07, 6.45) is 1.83. The monoisotopic (exact) mass is 369 g/mol. The van der Waals surface area contributed by atoms with Gasteiger partial charge in [0.1, 0.15) is 12.4 Å². The second-order valence-corrected chi connectivity index (χ2v) is 7.03. The van der Waals surface area contributed by atoms with Crippen LogP contribution < -0.4 is 10.1 Å². The Morgan fingerprint density at radius 3 is 2.81 bits per heavy atom. The lowest BCUT2D eigenvalue weighted by atomic mass is 10.1. The summed E-state index contributed by atoms with van der Waals surface area (Å²) in [4.78, 5) is 13.2. The fraction of sp³-hybridized carbons (Fsp3) is 0.300. The van der Waals surface area contributed by atoms with E-state index in [-0.39, 0.29) is 11.9 Å². The number of nitrogens with zero attached hydrogens (tertiary/aromatic N) is 2. The molecule has 0 aliphatic carbocycles. The quantitative estimate of drug-likeness (QED) is 0.674. The van der Waals surface area contributed by atoms with Gasteiger partial charge in [0, 0.05) is 23.4 Å². The van der Waals surface area contributed by atoms with E-state index >= 15 is 0 Å². The number of aryl methyl sites for hydroxylation is 1. The summed E-state index contributed by atoms with van der Waals surface area (Å²) >= 11 is 1.43. The van der Waals surface area contributed by atoms with E-state index in [0.717, 1.165) is 29.1 Å². The molecule has 0 saturated heterocycles. The van der Waals surface area contributed by atoms with Crippen LogP contribution in [0.3, 0.4) is 0 Å². The van der Waals surface area contributed by atoms with Crippen LogP contribution in [0.4, 0.5) is 0 Å². The van der Waals surface area contributed by atoms with Crippen molar-refractivity contribution in [3.63, 3.8) is 0 Å². The third kappa shape index (κ3) is 4.14. The standard InChI is InChI=1S/C20H23N3O2S/c1-4-23-15(3)18(11-21-23)14(2)22-20(24)19-10-16(13-26-19)12-25-17-8-6-5-7-9-17/h5-11,13-14H,4,12H2,1-3H3,(H,22,24). The maximum Gasteiger partial charge on any atom is 0.261 e. The van der Waals surface area contributed by atoms with Gasteiger partial charge in [0.15, 0.2) is 0 Å². The van der Waals surface area contributed by atoms with Crippen molar-refractivity contribution in [3.8, 4) is 5.75 Å². The van der Waals surface area contributed by atoms with Gasteiger partial charge < -0.3 is 10.1 Å². The van der Waals surface area contributed by atoms with E-state index in [4.69, 9.17) is 4.74 Å². The minimum Gasteiger partial charge on any atom is -0.489 e. The minimum atomic E-state index is -0.0890. The summed E-state index contributed by atoms with van der Waals surface area (Å²) in [5.41, 5.74) is 3.12. The zero-order valence-electron chi connectivity index (χ0n) is 15.2. The zero-order chi connectivity index (χ0) is 18.5. The van der Waals surface area contributed by atoms with Crippen molar-refractivity contribution < 1.29 is 9.53 Å². The van der Waals surface area contributed by atoms with Crippen LogP contribution in [-0.4, -0.2) is 15.7 Å². The number of amides is 1. The number of aromatic nitrogens is 2. The van der Waals surface area contributed by atoms with Crippen molar-refractivity contribution in [2.45, 2.75) is 40.0 Å². The predicted octanol–water partition coefficient (Wildman–Crippen LogP) is 4.34. The van der Waals surface area contributed by atoms with Crippen LogP contribution in [0.15, 0.2) is 48.0 Å². The fourth-order valence-electron chi connectivity index (χ4n) is 2.80. The molecule has 1 amide bonds. The molecule has 0 aliphatic rings. The molecular weight excluding hydrogens is 346 g/mol. The van der Waals surface area contributed by atoms with Crippen molar-refractivity contribution in [3.05, 3.63) is 69.7 Å². The number of hydrogen-bond donors (Lipinski definition) is 1. The minimum absolute atomic E-state index is 0.0721. The summed E-state index contributed by atoms with van der Waals surface area (Å²) in [6.45, 7) is 7.33. The van der Waals surface area contributed by atoms with Crippen LogP contribution in [0.1, 0.15) is 46.4 Å². The van der Waals surface area contributed by atoms with Crippen LogP contribution in [-0.2, 0) is 13.2 Å². The molecule has 1 N–H and O–H groups in total. The molecule has 0 bridgehead atoms. The number of benzene rings is 1. The molecule has 2 heterocycles. The van der Waals surface area contributed by atoms with Crippen LogP contribution in [0.2, 0.25) is 0 Å². The highest BCUT2D eigenvalue weighted by Crippen LogP contribution is 2.21. The van der Waals surface area contributed by atoms with E-state index in [1.807, 2.05) is 66.5 Å². The summed E-state index contributed by atoms with van der Waals surface area (Å²) in [6, 6.07) is 11.5. The van der Waals surface area contributed by atoms with Crippen molar-refractivity contribution in [1.82, 2.24) is 15.1 Å². The molecule has 6 heteroatoms. The lowest BCUT2D eigenvalue weighted by Gasteiger charge is -2.13. The molecule has 3 aromatic rings. The van der Waals surface area contributed by atoms with E-state index in [9.17, 15) is 4.79 Å². The molecule has 136 valence electrons. The Bertz CT molecular complexity index is 870. The number of carbonyl (C=O) groups excluding carboxylic acids is 1. The van der Waals surface area contributed by atoms with Gasteiger partial charge >= 0.3 is 0 Å². The van der Waals surface area contributed by atoms with E-state index in [0.29, 0.717) is 11.5 Å². The number of carbonyl (C=O) groups is 1. The van der Waals surface area contributed by atoms with Crippen molar-refractivity contribution in [2.24, 2.45) is 0 Å². The second-order valence-electron chi connectivity index (χ2n) is 6.12. The highest BCUT2D eigenvalue weighted by Gasteiger charge is 2.17. The van der Waals surface area contributed by atoms with Gasteiger partial charge in [-0.05, 0) is 44.4 Å². The zero-order valence-corrected chi connectivity index (χ0v) is 16.0. The average Bonchev–Trinajstić information content (AvgIpc) is 3.27.